The van der Waals surface area contributed by atoms with Crippen LogP contribution in [-0.2, 0) is 4.79 Å². The second-order valence-corrected chi connectivity index (χ2v) is 12.0. The molecule has 2 saturated heterocycles. The van der Waals surface area contributed by atoms with Crippen molar-refractivity contribution in [3.63, 3.8) is 0 Å². The van der Waals surface area contributed by atoms with Gasteiger partial charge in [-0.05, 0) is 47.2 Å². The fraction of sp³-hybridized carbons (Fsp3) is 0.303. The number of carbonyl (C=O) groups excluding carboxylic acids is 3. The number of piperazine rings is 1. The number of aromatic nitrogens is 1. The van der Waals surface area contributed by atoms with E-state index in [2.05, 4.69) is 10.3 Å². The van der Waals surface area contributed by atoms with Gasteiger partial charge in [-0.15, -0.1) is 0 Å². The van der Waals surface area contributed by atoms with Gasteiger partial charge in [0, 0.05) is 29.6 Å². The van der Waals surface area contributed by atoms with E-state index < -0.39 is 11.5 Å². The Labute approximate surface area is 234 Å². The van der Waals surface area contributed by atoms with E-state index in [-0.39, 0.29) is 29.8 Å². The maximum Gasteiger partial charge on any atom is 0.268 e. The third-order valence-electron chi connectivity index (χ3n) is 8.16. The molecule has 2 N–H and O–H groups in total. The molecule has 2 bridgehead atoms. The molecule has 0 spiro atoms. The smallest absolute Gasteiger partial charge is 0.268 e. The van der Waals surface area contributed by atoms with Crippen LogP contribution in [0.3, 0.4) is 0 Å². The lowest BCUT2D eigenvalue weighted by Gasteiger charge is -2.39. The van der Waals surface area contributed by atoms with E-state index in [1.165, 1.54) is 0 Å². The lowest BCUT2D eigenvalue weighted by atomic mass is 9.85. The monoisotopic (exact) mass is 534 g/mol. The van der Waals surface area contributed by atoms with Gasteiger partial charge in [-0.1, -0.05) is 81.4 Å². The van der Waals surface area contributed by atoms with Crippen LogP contribution in [0.25, 0.3) is 22.0 Å². The van der Waals surface area contributed by atoms with Gasteiger partial charge in [-0.25, -0.2) is 0 Å². The number of H-pyrrole nitrogens is 1. The largest absolute Gasteiger partial charge is 0.351 e. The van der Waals surface area contributed by atoms with Crippen LogP contribution in [0.15, 0.2) is 84.9 Å². The first-order valence-electron chi connectivity index (χ1n) is 13.8. The predicted molar refractivity (Wildman–Crippen MR) is 156 cm³/mol. The highest BCUT2D eigenvalue weighted by Crippen LogP contribution is 2.34. The Bertz CT molecular complexity index is 1550. The van der Waals surface area contributed by atoms with E-state index in [9.17, 15) is 14.4 Å². The van der Waals surface area contributed by atoms with Gasteiger partial charge in [0.1, 0.15) is 11.7 Å². The molecular formula is C33H34N4O3. The first kappa shape index (κ1) is 25.9. The Morgan fingerprint density at radius 2 is 1.50 bits per heavy atom. The van der Waals surface area contributed by atoms with Gasteiger partial charge in [-0.2, -0.15) is 0 Å². The summed E-state index contributed by atoms with van der Waals surface area (Å²) in [5.41, 5.74) is 3.55. The maximum atomic E-state index is 13.9. The Kier molecular flexibility index (Phi) is 6.45. The number of rotatable bonds is 5. The highest BCUT2D eigenvalue weighted by atomic mass is 16.2. The number of benzene rings is 3. The molecule has 0 aliphatic carbocycles. The number of hydrogen-bond donors (Lipinski definition) is 2. The highest BCUT2D eigenvalue weighted by molar-refractivity contribution is 6.00. The maximum absolute atomic E-state index is 13.9. The molecule has 3 amide bonds. The van der Waals surface area contributed by atoms with Crippen LogP contribution < -0.4 is 5.32 Å². The summed E-state index contributed by atoms with van der Waals surface area (Å²) in [6, 6.07) is 26.5. The first-order valence-corrected chi connectivity index (χ1v) is 13.8. The van der Waals surface area contributed by atoms with Gasteiger partial charge >= 0.3 is 0 Å². The van der Waals surface area contributed by atoms with Crippen molar-refractivity contribution < 1.29 is 14.4 Å². The summed E-state index contributed by atoms with van der Waals surface area (Å²) in [6.45, 7) is 6.86. The van der Waals surface area contributed by atoms with Gasteiger partial charge in [0.05, 0.1) is 12.1 Å². The Balaban J connectivity index is 1.15. The van der Waals surface area contributed by atoms with Gasteiger partial charge in [0.2, 0.25) is 5.91 Å². The van der Waals surface area contributed by atoms with Crippen molar-refractivity contribution >= 4 is 28.6 Å². The molecule has 1 aromatic heterocycles. The topological polar surface area (TPSA) is 85.5 Å². The zero-order chi connectivity index (χ0) is 28.0. The normalized spacial score (nSPS) is 19.2. The number of aromatic amines is 1. The minimum atomic E-state index is -0.697. The number of fused-ring (bicyclic) bond motifs is 3. The predicted octanol–water partition coefficient (Wildman–Crippen LogP) is 5.10. The van der Waals surface area contributed by atoms with Crippen molar-refractivity contribution in [2.24, 2.45) is 5.41 Å². The summed E-state index contributed by atoms with van der Waals surface area (Å²) >= 11 is 0. The Morgan fingerprint density at radius 1 is 0.825 bits per heavy atom. The molecule has 0 saturated carbocycles. The van der Waals surface area contributed by atoms with Crippen molar-refractivity contribution in [1.29, 1.82) is 0 Å². The van der Waals surface area contributed by atoms with Gasteiger partial charge in [0.25, 0.3) is 11.8 Å². The molecule has 2 aliphatic rings. The van der Waals surface area contributed by atoms with Crippen molar-refractivity contribution in [3.8, 4) is 11.1 Å². The molecular weight excluding hydrogens is 500 g/mol. The Hall–Kier alpha value is -4.39. The second-order valence-electron chi connectivity index (χ2n) is 12.0. The van der Waals surface area contributed by atoms with Gasteiger partial charge < -0.3 is 20.1 Å². The summed E-state index contributed by atoms with van der Waals surface area (Å²) in [7, 11) is 0. The van der Waals surface area contributed by atoms with Crippen molar-refractivity contribution in [2.45, 2.75) is 45.3 Å². The molecule has 6 rings (SSSR count). The molecule has 3 aromatic carbocycles. The summed E-state index contributed by atoms with van der Waals surface area (Å²) in [5, 5.41) is 3.96. The zero-order valence-electron chi connectivity index (χ0n) is 23.1. The fourth-order valence-corrected chi connectivity index (χ4v) is 6.03. The van der Waals surface area contributed by atoms with E-state index in [1.807, 2.05) is 116 Å². The molecule has 0 radical (unpaired) electrons. The summed E-state index contributed by atoms with van der Waals surface area (Å²) in [6.07, 6.45) is 0.753. The van der Waals surface area contributed by atoms with Gasteiger partial charge in [-0.3, -0.25) is 14.4 Å². The number of hydrogen-bond acceptors (Lipinski definition) is 3. The van der Waals surface area contributed by atoms with Crippen molar-refractivity contribution in [2.75, 3.05) is 13.1 Å². The first-order chi connectivity index (χ1) is 19.2. The average molecular weight is 535 g/mol. The van der Waals surface area contributed by atoms with Crippen LogP contribution in [0.5, 0.6) is 0 Å². The van der Waals surface area contributed by atoms with Crippen LogP contribution in [0.1, 0.15) is 48.0 Å². The SMILES string of the molecule is CC(C)(C)C(NC(=O)c1cc2ccccc2[nH]1)C(=O)N1CC2CC1CN2C(=O)c1cccc(-c2ccccc2)c1. The molecule has 204 valence electrons. The molecule has 3 unspecified atom stereocenters. The van der Waals surface area contributed by atoms with E-state index in [1.54, 1.807) is 0 Å². The molecule has 3 heterocycles. The van der Waals surface area contributed by atoms with E-state index >= 15 is 0 Å². The van der Waals surface area contributed by atoms with Crippen molar-refractivity contribution in [1.82, 2.24) is 20.1 Å². The second kappa shape index (κ2) is 9.97. The number of nitrogens with one attached hydrogen (secondary N) is 2. The number of amides is 3. The summed E-state index contributed by atoms with van der Waals surface area (Å²) in [4.78, 5) is 47.5. The molecule has 40 heavy (non-hydrogen) atoms. The van der Waals surface area contributed by atoms with E-state index in [0.717, 1.165) is 28.5 Å². The van der Waals surface area contributed by atoms with Crippen LogP contribution in [0.2, 0.25) is 0 Å². The third-order valence-corrected chi connectivity index (χ3v) is 8.16. The number of carbonyl (C=O) groups is 3. The minimum Gasteiger partial charge on any atom is -0.351 e. The molecule has 3 atom stereocenters. The lowest BCUT2D eigenvalue weighted by molar-refractivity contribution is -0.138. The summed E-state index contributed by atoms with van der Waals surface area (Å²) in [5.74, 6) is -0.400. The molecule has 7 heteroatoms. The number of para-hydroxylation sites is 1. The van der Waals surface area contributed by atoms with Crippen LogP contribution >= 0.6 is 0 Å². The average Bonchev–Trinajstić information content (AvgIpc) is 3.69. The lowest BCUT2D eigenvalue weighted by Crippen LogP contribution is -2.59. The molecule has 4 aromatic rings. The quantitative estimate of drug-likeness (QED) is 0.373. The van der Waals surface area contributed by atoms with Gasteiger partial charge in [0.15, 0.2) is 0 Å². The van der Waals surface area contributed by atoms with E-state index in [0.29, 0.717) is 24.3 Å². The standard InChI is InChI=1S/C33H34N4O3/c1-33(2,3)29(35-30(38)28-17-23-12-7-8-15-27(23)34-28)32(40)37-20-25-18-26(37)19-36(25)31(39)24-14-9-13-22(16-24)21-10-5-4-6-11-21/h4-17,25-26,29,34H,18-20H2,1-3H3,(H,35,38). The van der Waals surface area contributed by atoms with Crippen LogP contribution in [0, 0.1) is 5.41 Å². The van der Waals surface area contributed by atoms with E-state index in [4.69, 9.17) is 0 Å². The zero-order valence-corrected chi connectivity index (χ0v) is 23.1. The highest BCUT2D eigenvalue weighted by Gasteiger charge is 2.49. The molecule has 7 nitrogen and oxygen atoms in total. The number of likely N-dealkylation sites (tertiary alicyclic amines) is 2. The number of nitrogens with zero attached hydrogens (tertiary/aromatic N) is 2. The molecule has 2 aliphatic heterocycles. The third kappa shape index (κ3) is 4.76. The van der Waals surface area contributed by atoms with Crippen LogP contribution in [-0.4, -0.2) is 63.7 Å². The minimum absolute atomic E-state index is 0.00290. The fourth-order valence-electron chi connectivity index (χ4n) is 6.03. The molecule has 2 fully saturated rings. The summed E-state index contributed by atoms with van der Waals surface area (Å²) < 4.78 is 0. The van der Waals surface area contributed by atoms with Crippen molar-refractivity contribution in [3.05, 3.63) is 96.2 Å². The van der Waals surface area contributed by atoms with Crippen LogP contribution in [0.4, 0.5) is 0 Å². The Morgan fingerprint density at radius 3 is 2.20 bits per heavy atom.